The van der Waals surface area contributed by atoms with Crippen LogP contribution in [0.4, 0.5) is 25.8 Å². The van der Waals surface area contributed by atoms with Crippen molar-refractivity contribution in [2.24, 2.45) is 4.99 Å². The Morgan fingerprint density at radius 1 is 0.941 bits per heavy atom. The molecule has 0 aromatic heterocycles. The van der Waals surface area contributed by atoms with Gasteiger partial charge in [0.1, 0.15) is 11.6 Å². The van der Waals surface area contributed by atoms with Gasteiger partial charge in [0.25, 0.3) is 5.91 Å². The molecule has 0 aliphatic carbocycles. The smallest absolute Gasteiger partial charge is 0.258 e. The van der Waals surface area contributed by atoms with Crippen molar-refractivity contribution < 1.29 is 18.3 Å². The number of aliphatic imine (C=N–C) groups is 1. The maximum atomic E-state index is 14.2. The quantitative estimate of drug-likeness (QED) is 0.528. The van der Waals surface area contributed by atoms with Gasteiger partial charge in [0, 0.05) is 42.4 Å². The third-order valence-corrected chi connectivity index (χ3v) is 6.26. The zero-order valence-corrected chi connectivity index (χ0v) is 18.9. The van der Waals surface area contributed by atoms with Crippen LogP contribution in [0.2, 0.25) is 0 Å². The molecular weight excluding hydrogens is 436 g/mol. The van der Waals surface area contributed by atoms with Gasteiger partial charge in [-0.15, -0.1) is 0 Å². The van der Waals surface area contributed by atoms with Crippen LogP contribution in [0.1, 0.15) is 29.3 Å². The average molecular weight is 462 g/mol. The summed E-state index contributed by atoms with van der Waals surface area (Å²) in [5, 5.41) is 0. The van der Waals surface area contributed by atoms with Gasteiger partial charge in [-0.1, -0.05) is 0 Å². The van der Waals surface area contributed by atoms with Crippen LogP contribution in [0.3, 0.4) is 0 Å². The molecule has 5 nitrogen and oxygen atoms in total. The summed E-state index contributed by atoms with van der Waals surface area (Å²) in [5.41, 5.74) is 4.06. The van der Waals surface area contributed by atoms with E-state index in [9.17, 15) is 13.6 Å². The number of carbonyl (C=O) groups excluding carboxylic acids is 1. The van der Waals surface area contributed by atoms with E-state index in [1.807, 2.05) is 31.2 Å². The third-order valence-electron chi connectivity index (χ3n) is 6.26. The van der Waals surface area contributed by atoms with E-state index >= 15 is 0 Å². The first-order valence-electron chi connectivity index (χ1n) is 11.4. The Balaban J connectivity index is 1.46. The molecule has 0 radical (unpaired) electrons. The zero-order chi connectivity index (χ0) is 23.7. The van der Waals surface area contributed by atoms with E-state index in [0.29, 0.717) is 47.8 Å². The molecule has 1 amide bonds. The molecule has 3 aromatic carbocycles. The molecule has 0 unspecified atom stereocenters. The number of benzene rings is 3. The van der Waals surface area contributed by atoms with Crippen LogP contribution in [0.5, 0.6) is 0 Å². The van der Waals surface area contributed by atoms with Gasteiger partial charge in [0.15, 0.2) is 0 Å². The lowest BCUT2D eigenvalue weighted by atomic mass is 9.93. The zero-order valence-electron chi connectivity index (χ0n) is 18.9. The minimum atomic E-state index is -0.401. The number of anilines is 2. The molecule has 2 aliphatic rings. The lowest BCUT2D eigenvalue weighted by Gasteiger charge is -2.36. The van der Waals surface area contributed by atoms with Crippen LogP contribution in [0.15, 0.2) is 71.7 Å². The van der Waals surface area contributed by atoms with Crippen molar-refractivity contribution >= 4 is 28.7 Å². The first kappa shape index (κ1) is 22.2. The Bertz CT molecular complexity index is 1220. The summed E-state index contributed by atoms with van der Waals surface area (Å²) in [4.78, 5) is 22.2. The van der Waals surface area contributed by atoms with Gasteiger partial charge < -0.3 is 14.5 Å². The Morgan fingerprint density at radius 2 is 1.62 bits per heavy atom. The number of hydrogen-bond acceptors (Lipinski definition) is 4. The van der Waals surface area contributed by atoms with E-state index in [1.165, 1.54) is 24.3 Å². The summed E-state index contributed by atoms with van der Waals surface area (Å²) < 4.78 is 32.9. The van der Waals surface area contributed by atoms with Crippen molar-refractivity contribution in [3.8, 4) is 0 Å². The molecule has 7 heteroatoms. The summed E-state index contributed by atoms with van der Waals surface area (Å²) in [6, 6.07) is 17.6. The van der Waals surface area contributed by atoms with E-state index in [-0.39, 0.29) is 17.8 Å². The molecule has 5 rings (SSSR count). The summed E-state index contributed by atoms with van der Waals surface area (Å²) in [6.07, 6.45) is 0.450. The molecule has 34 heavy (non-hydrogen) atoms. The van der Waals surface area contributed by atoms with Gasteiger partial charge >= 0.3 is 0 Å². The topological polar surface area (TPSA) is 45.1 Å². The van der Waals surface area contributed by atoms with Gasteiger partial charge in [-0.25, -0.2) is 8.78 Å². The van der Waals surface area contributed by atoms with Crippen LogP contribution in [0.25, 0.3) is 0 Å². The molecule has 2 aliphatic heterocycles. The molecule has 1 saturated heterocycles. The molecule has 1 fully saturated rings. The summed E-state index contributed by atoms with van der Waals surface area (Å²) >= 11 is 0. The molecule has 0 N–H and O–H groups in total. The molecule has 0 bridgehead atoms. The summed E-state index contributed by atoms with van der Waals surface area (Å²) in [6.45, 7) is 4.99. The van der Waals surface area contributed by atoms with Gasteiger partial charge in [0.05, 0.1) is 30.3 Å². The Labute approximate surface area is 197 Å². The van der Waals surface area contributed by atoms with Crippen LogP contribution >= 0.6 is 0 Å². The van der Waals surface area contributed by atoms with E-state index < -0.39 is 5.82 Å². The number of nitrogens with zero attached hydrogens (tertiary/aromatic N) is 3. The highest BCUT2D eigenvalue weighted by Gasteiger charge is 2.32. The number of ether oxygens (including phenoxy) is 1. The number of carbonyl (C=O) groups is 1. The fourth-order valence-electron chi connectivity index (χ4n) is 4.53. The second-order valence-corrected chi connectivity index (χ2v) is 8.57. The largest absolute Gasteiger partial charge is 0.378 e. The minimum absolute atomic E-state index is 0.144. The number of rotatable bonds is 3. The SMILES string of the molecule is C[C@@H]1CC(=Nc2ccc(F)cc2)c2cc(F)ccc2N1C(=O)c1ccc(N2CCOCC2)cc1. The van der Waals surface area contributed by atoms with Crippen molar-refractivity contribution in [2.75, 3.05) is 36.1 Å². The molecule has 2 heterocycles. The third kappa shape index (κ3) is 4.43. The minimum Gasteiger partial charge on any atom is -0.378 e. The predicted molar refractivity (Wildman–Crippen MR) is 129 cm³/mol. The number of amides is 1. The van der Waals surface area contributed by atoms with Gasteiger partial charge in [-0.3, -0.25) is 9.79 Å². The normalized spacial score (nSPS) is 19.3. The van der Waals surface area contributed by atoms with Crippen molar-refractivity contribution in [1.82, 2.24) is 0 Å². The predicted octanol–water partition coefficient (Wildman–Crippen LogP) is 5.36. The van der Waals surface area contributed by atoms with E-state index in [0.717, 1.165) is 18.8 Å². The highest BCUT2D eigenvalue weighted by atomic mass is 19.1. The van der Waals surface area contributed by atoms with Crippen LogP contribution in [0, 0.1) is 11.6 Å². The molecule has 0 spiro atoms. The number of hydrogen-bond donors (Lipinski definition) is 0. The number of fused-ring (bicyclic) bond motifs is 1. The Hall–Kier alpha value is -3.58. The molecule has 174 valence electrons. The fourth-order valence-corrected chi connectivity index (χ4v) is 4.53. The summed E-state index contributed by atoms with van der Waals surface area (Å²) in [7, 11) is 0. The summed E-state index contributed by atoms with van der Waals surface area (Å²) in [5.74, 6) is -0.888. The van der Waals surface area contributed by atoms with Crippen molar-refractivity contribution in [3.63, 3.8) is 0 Å². The Kier molecular flexibility index (Phi) is 6.11. The van der Waals surface area contributed by atoms with Crippen molar-refractivity contribution in [3.05, 3.63) is 89.5 Å². The first-order valence-corrected chi connectivity index (χ1v) is 11.4. The Morgan fingerprint density at radius 3 is 2.32 bits per heavy atom. The fraction of sp³-hybridized carbons (Fsp3) is 0.259. The molecule has 1 atom stereocenters. The van der Waals surface area contributed by atoms with Crippen LogP contribution in [-0.2, 0) is 4.74 Å². The lowest BCUT2D eigenvalue weighted by molar-refractivity contribution is 0.0978. The molecule has 3 aromatic rings. The van der Waals surface area contributed by atoms with Crippen LogP contribution < -0.4 is 9.80 Å². The molecule has 0 saturated carbocycles. The number of morpholine rings is 1. The van der Waals surface area contributed by atoms with Crippen molar-refractivity contribution in [2.45, 2.75) is 19.4 Å². The highest BCUT2D eigenvalue weighted by Crippen LogP contribution is 2.34. The second kappa shape index (κ2) is 9.35. The van der Waals surface area contributed by atoms with Gasteiger partial charge in [-0.05, 0) is 73.7 Å². The maximum Gasteiger partial charge on any atom is 0.258 e. The second-order valence-electron chi connectivity index (χ2n) is 8.57. The highest BCUT2D eigenvalue weighted by molar-refractivity contribution is 6.16. The van der Waals surface area contributed by atoms with Gasteiger partial charge in [-0.2, -0.15) is 0 Å². The maximum absolute atomic E-state index is 14.2. The van der Waals surface area contributed by atoms with E-state index in [2.05, 4.69) is 9.89 Å². The lowest BCUT2D eigenvalue weighted by Crippen LogP contribution is -2.44. The van der Waals surface area contributed by atoms with E-state index in [4.69, 9.17) is 4.74 Å². The standard InChI is InChI=1S/C27H25F2N3O2/c1-18-16-25(30-22-7-4-20(28)5-8-22)24-17-21(29)6-11-26(24)32(18)27(33)19-2-9-23(10-3-19)31-12-14-34-15-13-31/h2-11,17-18H,12-16H2,1H3/t18-/m1/s1. The first-order chi connectivity index (χ1) is 16.5. The van der Waals surface area contributed by atoms with E-state index in [1.54, 1.807) is 23.1 Å². The monoisotopic (exact) mass is 461 g/mol. The van der Waals surface area contributed by atoms with Crippen LogP contribution in [-0.4, -0.2) is 44.0 Å². The molecular formula is C27H25F2N3O2. The number of halogens is 2. The van der Waals surface area contributed by atoms with Crippen molar-refractivity contribution in [1.29, 1.82) is 0 Å². The van der Waals surface area contributed by atoms with Gasteiger partial charge in [0.2, 0.25) is 0 Å². The average Bonchev–Trinajstić information content (AvgIpc) is 2.86.